The zero-order valence-corrected chi connectivity index (χ0v) is 21.4. The van der Waals surface area contributed by atoms with Crippen LogP contribution in [0.5, 0.6) is 0 Å². The fourth-order valence-corrected chi connectivity index (χ4v) is 3.12. The van der Waals surface area contributed by atoms with Gasteiger partial charge < -0.3 is 20.3 Å². The van der Waals surface area contributed by atoms with Crippen LogP contribution in [0.2, 0.25) is 0 Å². The van der Waals surface area contributed by atoms with Crippen LogP contribution in [0.15, 0.2) is 24.3 Å². The molecule has 0 saturated carbocycles. The molecule has 0 aliphatic rings. The molecule has 37 heavy (non-hydrogen) atoms. The number of nitrogens with one attached hydrogen (secondary N) is 3. The van der Waals surface area contributed by atoms with Crippen LogP contribution in [0.4, 0.5) is 13.2 Å². The summed E-state index contributed by atoms with van der Waals surface area (Å²) in [5.74, 6) is -2.67. The van der Waals surface area contributed by atoms with Crippen LogP contribution in [0, 0.1) is 5.53 Å². The van der Waals surface area contributed by atoms with E-state index in [0.29, 0.717) is 5.56 Å². The molecule has 0 bridgehead atoms. The lowest BCUT2D eigenvalue weighted by Gasteiger charge is -2.26. The van der Waals surface area contributed by atoms with E-state index in [2.05, 4.69) is 15.4 Å². The normalized spacial score (nSPS) is 13.2. The quantitative estimate of drug-likeness (QED) is 0.163. The standard InChI is InChI=1S/C24H32F3N5O5/c1-23(2,3)37-22(36)18(11-10-17(33)13-29-28)31-21(35)19(30-20(34)14-32(4)5)12-15-6-8-16(9-7-15)24(25,26)27/h6-9,13,18-19,28H,10-12,14H2,1-5H3,(H-,30,31,34,35)/p+1/t18-,19-/m0/s1. The highest BCUT2D eigenvalue weighted by atomic mass is 19.4. The molecule has 204 valence electrons. The van der Waals surface area contributed by atoms with Gasteiger partial charge in [0.05, 0.1) is 22.4 Å². The molecule has 0 aromatic heterocycles. The Kier molecular flexibility index (Phi) is 11.6. The Morgan fingerprint density at radius 2 is 1.65 bits per heavy atom. The van der Waals surface area contributed by atoms with Crippen LogP contribution in [0.1, 0.15) is 44.7 Å². The highest BCUT2D eigenvalue weighted by Gasteiger charge is 2.32. The van der Waals surface area contributed by atoms with Gasteiger partial charge in [-0.2, -0.15) is 13.2 Å². The van der Waals surface area contributed by atoms with Crippen molar-refractivity contribution < 1.29 is 41.9 Å². The number of hydrogen-bond donors (Lipinski definition) is 3. The number of Topliss-reactive ketones (excluding diaryl/α,β-unsaturated/α-hetero) is 1. The highest BCUT2D eigenvalue weighted by molar-refractivity contribution is 6.25. The minimum Gasteiger partial charge on any atom is -0.458 e. The van der Waals surface area contributed by atoms with Gasteiger partial charge in [0.25, 0.3) is 0 Å². The van der Waals surface area contributed by atoms with E-state index in [4.69, 9.17) is 10.3 Å². The number of esters is 1. The van der Waals surface area contributed by atoms with Gasteiger partial charge in [-0.25, -0.2) is 4.79 Å². The second-order valence-corrected chi connectivity index (χ2v) is 9.61. The Hall–Kier alpha value is -3.57. The van der Waals surface area contributed by atoms with Crippen molar-refractivity contribution in [3.8, 4) is 0 Å². The number of benzene rings is 1. The van der Waals surface area contributed by atoms with Crippen LogP contribution < -0.4 is 10.6 Å². The molecule has 0 heterocycles. The van der Waals surface area contributed by atoms with Crippen LogP contribution in [0.25, 0.3) is 0 Å². The second-order valence-electron chi connectivity index (χ2n) is 9.61. The summed E-state index contributed by atoms with van der Waals surface area (Å²) in [4.78, 5) is 54.5. The number of alkyl halides is 3. The first-order valence-electron chi connectivity index (χ1n) is 11.4. The minimum atomic E-state index is -4.53. The molecule has 1 aromatic rings. The third-order valence-electron chi connectivity index (χ3n) is 4.73. The molecule has 10 nitrogen and oxygen atoms in total. The molecule has 0 spiro atoms. The smallest absolute Gasteiger partial charge is 0.416 e. The third kappa shape index (κ3) is 12.3. The van der Waals surface area contributed by atoms with Crippen LogP contribution in [-0.2, 0) is 36.5 Å². The van der Waals surface area contributed by atoms with Crippen molar-refractivity contribution in [1.82, 2.24) is 15.5 Å². The summed E-state index contributed by atoms with van der Waals surface area (Å²) in [6, 6.07) is 1.64. The van der Waals surface area contributed by atoms with Crippen LogP contribution in [-0.4, -0.2) is 77.8 Å². The summed E-state index contributed by atoms with van der Waals surface area (Å²) < 4.78 is 44.1. The Morgan fingerprint density at radius 1 is 1.05 bits per heavy atom. The molecular formula is C24H33F3N5O5+. The Labute approximate surface area is 213 Å². The summed E-state index contributed by atoms with van der Waals surface area (Å²) in [7, 11) is 3.28. The van der Waals surface area contributed by atoms with Crippen molar-refractivity contribution in [1.29, 1.82) is 5.53 Å². The van der Waals surface area contributed by atoms with E-state index >= 15 is 0 Å². The van der Waals surface area contributed by atoms with Gasteiger partial charge in [-0.15, -0.1) is 0 Å². The van der Waals surface area contributed by atoms with Gasteiger partial charge >= 0.3 is 18.4 Å². The number of likely N-dealkylation sites (N-methyl/N-ethyl adjacent to an activating group) is 1. The number of amides is 2. The Bertz CT molecular complexity index is 1010. The molecule has 0 saturated heterocycles. The van der Waals surface area contributed by atoms with Gasteiger partial charge in [0, 0.05) is 12.8 Å². The molecule has 0 aliphatic carbocycles. The first-order valence-corrected chi connectivity index (χ1v) is 11.4. The lowest BCUT2D eigenvalue weighted by Crippen LogP contribution is -2.54. The number of carbonyl (C=O) groups is 4. The predicted molar refractivity (Wildman–Crippen MR) is 127 cm³/mol. The van der Waals surface area contributed by atoms with Crippen LogP contribution >= 0.6 is 0 Å². The maximum atomic E-state index is 13.2. The molecule has 1 rings (SSSR count). The minimum absolute atomic E-state index is 0.0623. The van der Waals surface area contributed by atoms with E-state index in [9.17, 15) is 32.3 Å². The largest absolute Gasteiger partial charge is 0.458 e. The zero-order valence-electron chi connectivity index (χ0n) is 21.4. The topological polar surface area (TPSA) is 143 Å². The number of nitrogens with zero attached hydrogens (tertiary/aromatic N) is 2. The molecule has 0 fully saturated rings. The number of carbonyl (C=O) groups excluding carboxylic acids is 4. The summed E-state index contributed by atoms with van der Waals surface area (Å²) >= 11 is 0. The summed E-state index contributed by atoms with van der Waals surface area (Å²) in [5.41, 5.74) is 5.32. The van der Waals surface area contributed by atoms with E-state index in [1.807, 2.05) is 0 Å². The fraction of sp³-hybridized carbons (Fsp3) is 0.542. The van der Waals surface area contributed by atoms with E-state index < -0.39 is 53.0 Å². The van der Waals surface area contributed by atoms with Crippen molar-refractivity contribution in [2.24, 2.45) is 0 Å². The van der Waals surface area contributed by atoms with Gasteiger partial charge in [0.2, 0.25) is 17.6 Å². The molecule has 2 amide bonds. The first-order chi connectivity index (χ1) is 17.0. The van der Waals surface area contributed by atoms with Crippen molar-refractivity contribution in [3.05, 3.63) is 35.4 Å². The second kappa shape index (κ2) is 13.7. The van der Waals surface area contributed by atoms with Gasteiger partial charge in [0.15, 0.2) is 0 Å². The summed E-state index contributed by atoms with van der Waals surface area (Å²) in [5, 5.41) is 5.03. The first kappa shape index (κ1) is 31.5. The van der Waals surface area contributed by atoms with E-state index in [1.54, 1.807) is 39.8 Å². The van der Waals surface area contributed by atoms with E-state index in [1.165, 1.54) is 12.1 Å². The zero-order chi connectivity index (χ0) is 28.4. The maximum Gasteiger partial charge on any atom is 0.416 e. The number of ketones is 1. The highest BCUT2D eigenvalue weighted by Crippen LogP contribution is 2.29. The lowest BCUT2D eigenvalue weighted by molar-refractivity contribution is -0.159. The van der Waals surface area contributed by atoms with Crippen molar-refractivity contribution in [2.45, 2.75) is 63.9 Å². The molecular weight excluding hydrogens is 495 g/mol. The maximum absolute atomic E-state index is 13.2. The van der Waals surface area contributed by atoms with Gasteiger partial charge in [-0.05, 0) is 59.0 Å². The fourth-order valence-electron chi connectivity index (χ4n) is 3.12. The monoisotopic (exact) mass is 528 g/mol. The average molecular weight is 529 g/mol. The molecule has 0 aliphatic heterocycles. The number of ether oxygens (including phenoxy) is 1. The summed E-state index contributed by atoms with van der Waals surface area (Å²) in [6.45, 7) is 4.80. The molecule has 0 radical (unpaired) electrons. The predicted octanol–water partition coefficient (Wildman–Crippen LogP) is 1.78. The molecule has 1 aromatic carbocycles. The molecule has 2 atom stereocenters. The van der Waals surface area contributed by atoms with Crippen molar-refractivity contribution in [2.75, 3.05) is 20.6 Å². The SMILES string of the molecule is CN(C)CC(=O)N[C@@H](Cc1ccc(C(F)(F)F)cc1)C(=O)N[C@@H](CCC(=O)C=[N+]=N)C(=O)OC(C)(C)C. The van der Waals surface area contributed by atoms with Crippen molar-refractivity contribution >= 4 is 29.8 Å². The lowest BCUT2D eigenvalue weighted by atomic mass is 10.0. The average Bonchev–Trinajstić information content (AvgIpc) is 2.74. The Balaban J connectivity index is 3.17. The summed E-state index contributed by atoms with van der Waals surface area (Å²) in [6.07, 6.45) is -4.30. The van der Waals surface area contributed by atoms with Gasteiger partial charge in [0.1, 0.15) is 17.7 Å². The number of rotatable bonds is 12. The van der Waals surface area contributed by atoms with Crippen LogP contribution in [0.3, 0.4) is 0 Å². The number of hydrogen-bond acceptors (Lipinski definition) is 7. The Morgan fingerprint density at radius 3 is 2.14 bits per heavy atom. The van der Waals surface area contributed by atoms with Gasteiger partial charge in [-0.1, -0.05) is 12.1 Å². The van der Waals surface area contributed by atoms with E-state index in [0.717, 1.165) is 18.3 Å². The third-order valence-corrected chi connectivity index (χ3v) is 4.73. The van der Waals surface area contributed by atoms with E-state index in [-0.39, 0.29) is 25.8 Å². The van der Waals surface area contributed by atoms with Crippen molar-refractivity contribution in [3.63, 3.8) is 0 Å². The molecule has 13 heteroatoms. The van der Waals surface area contributed by atoms with Gasteiger partial charge in [-0.3, -0.25) is 14.4 Å². The number of halogens is 3. The molecule has 0 unspecified atom stereocenters. The molecule has 3 N–H and O–H groups in total.